The van der Waals surface area contributed by atoms with Crippen molar-refractivity contribution in [2.24, 2.45) is 0 Å². The average molecular weight is 883 g/mol. The second-order valence-electron chi connectivity index (χ2n) is 18.1. The Bertz CT molecular complexity index is 1110. The molecular weight excluding hydrogens is 781 g/mol. The monoisotopic (exact) mass is 883 g/mol. The maximum atomic E-state index is 12.7. The van der Waals surface area contributed by atoms with E-state index in [0.29, 0.717) is 19.3 Å². The van der Waals surface area contributed by atoms with Crippen molar-refractivity contribution in [3.05, 3.63) is 48.6 Å². The molecule has 0 aromatic carbocycles. The van der Waals surface area contributed by atoms with Crippen LogP contribution in [0.1, 0.15) is 278 Å². The largest absolute Gasteiger partial charge is 0.462 e. The van der Waals surface area contributed by atoms with E-state index in [0.717, 1.165) is 83.5 Å². The Morgan fingerprint density at radius 3 is 0.968 bits per heavy atom. The van der Waals surface area contributed by atoms with E-state index in [2.05, 4.69) is 69.4 Å². The van der Waals surface area contributed by atoms with Crippen LogP contribution in [0.3, 0.4) is 0 Å². The molecule has 1 unspecified atom stereocenters. The number of esters is 3. The van der Waals surface area contributed by atoms with Crippen LogP contribution in [0.4, 0.5) is 0 Å². The van der Waals surface area contributed by atoms with Crippen LogP contribution >= 0.6 is 0 Å². The highest BCUT2D eigenvalue weighted by Crippen LogP contribution is 2.16. The summed E-state index contributed by atoms with van der Waals surface area (Å²) in [5, 5.41) is 0. The SMILES string of the molecule is CC/C=C\C/C=C\C/C=C\C/C=C\CCCCCCCCCCCCCCCCCCC(=O)OCC(COC(=O)CCCCCCCCCC)OC(=O)CCCCCCCCCC. The molecule has 0 rings (SSSR count). The molecule has 6 nitrogen and oxygen atoms in total. The molecular formula is C57H102O6. The molecule has 366 valence electrons. The second-order valence-corrected chi connectivity index (χ2v) is 18.1. The van der Waals surface area contributed by atoms with Gasteiger partial charge in [-0.2, -0.15) is 0 Å². The van der Waals surface area contributed by atoms with E-state index in [1.165, 1.54) is 154 Å². The van der Waals surface area contributed by atoms with E-state index in [1.807, 2.05) is 0 Å². The van der Waals surface area contributed by atoms with Gasteiger partial charge in [0.15, 0.2) is 6.10 Å². The van der Waals surface area contributed by atoms with Gasteiger partial charge in [0, 0.05) is 19.3 Å². The predicted molar refractivity (Wildman–Crippen MR) is 270 cm³/mol. The standard InChI is InChI=1S/C57H102O6/c1-4-7-10-13-16-19-20-21-22-23-24-25-26-27-28-29-30-31-32-33-34-35-36-37-38-39-42-44-47-50-56(59)62-53-54(63-57(60)51-48-45-41-18-15-12-9-6-3)52-61-55(58)49-46-43-40-17-14-11-8-5-2/h7,10,16,19,21-22,24-25,54H,4-6,8-9,11-15,17-18,20,23,26-53H2,1-3H3/b10-7-,19-16-,22-21-,25-24-. The summed E-state index contributed by atoms with van der Waals surface area (Å²) < 4.78 is 16.7. The van der Waals surface area contributed by atoms with Gasteiger partial charge in [0.2, 0.25) is 0 Å². The van der Waals surface area contributed by atoms with E-state index in [-0.39, 0.29) is 31.1 Å². The minimum Gasteiger partial charge on any atom is -0.462 e. The summed E-state index contributed by atoms with van der Waals surface area (Å²) in [6, 6.07) is 0. The molecule has 0 aliphatic rings. The topological polar surface area (TPSA) is 78.9 Å². The van der Waals surface area contributed by atoms with Crippen molar-refractivity contribution in [2.75, 3.05) is 13.2 Å². The number of carbonyl (C=O) groups is 3. The quantitative estimate of drug-likeness (QED) is 0.0262. The van der Waals surface area contributed by atoms with Crippen LogP contribution in [0.5, 0.6) is 0 Å². The number of unbranched alkanes of at least 4 members (excludes halogenated alkanes) is 30. The third-order valence-electron chi connectivity index (χ3n) is 11.8. The van der Waals surface area contributed by atoms with Crippen molar-refractivity contribution < 1.29 is 28.6 Å². The van der Waals surface area contributed by atoms with E-state index in [1.54, 1.807) is 0 Å². The molecule has 0 spiro atoms. The van der Waals surface area contributed by atoms with Crippen molar-refractivity contribution >= 4 is 17.9 Å². The van der Waals surface area contributed by atoms with Gasteiger partial charge in [-0.05, 0) is 57.8 Å². The summed E-state index contributed by atoms with van der Waals surface area (Å²) in [4.78, 5) is 37.7. The highest BCUT2D eigenvalue weighted by molar-refractivity contribution is 5.71. The van der Waals surface area contributed by atoms with Gasteiger partial charge in [-0.25, -0.2) is 0 Å². The molecule has 0 aliphatic heterocycles. The molecule has 0 bridgehead atoms. The summed E-state index contributed by atoms with van der Waals surface area (Å²) >= 11 is 0. The highest BCUT2D eigenvalue weighted by atomic mass is 16.6. The Kier molecular flexibility index (Phi) is 49.8. The predicted octanol–water partition coefficient (Wildman–Crippen LogP) is 17.9. The molecule has 0 heterocycles. The van der Waals surface area contributed by atoms with Gasteiger partial charge in [-0.1, -0.05) is 249 Å². The van der Waals surface area contributed by atoms with Crippen LogP contribution in [0.15, 0.2) is 48.6 Å². The van der Waals surface area contributed by atoms with Gasteiger partial charge < -0.3 is 14.2 Å². The first-order valence-corrected chi connectivity index (χ1v) is 27.1. The van der Waals surface area contributed by atoms with Gasteiger partial charge in [0.1, 0.15) is 13.2 Å². The summed E-state index contributed by atoms with van der Waals surface area (Å²) in [6.45, 7) is 6.48. The lowest BCUT2D eigenvalue weighted by Crippen LogP contribution is -2.30. The first-order chi connectivity index (χ1) is 31.0. The summed E-state index contributed by atoms with van der Waals surface area (Å²) in [6.07, 6.45) is 62.8. The zero-order valence-electron chi connectivity index (χ0n) is 41.8. The van der Waals surface area contributed by atoms with E-state index >= 15 is 0 Å². The number of hydrogen-bond acceptors (Lipinski definition) is 6. The maximum absolute atomic E-state index is 12.7. The van der Waals surface area contributed by atoms with Crippen LogP contribution in [-0.2, 0) is 28.6 Å². The van der Waals surface area contributed by atoms with Crippen LogP contribution in [0, 0.1) is 0 Å². The minimum atomic E-state index is -0.763. The molecule has 0 aromatic rings. The van der Waals surface area contributed by atoms with Crippen LogP contribution in [-0.4, -0.2) is 37.2 Å². The van der Waals surface area contributed by atoms with Crippen molar-refractivity contribution in [2.45, 2.75) is 284 Å². The van der Waals surface area contributed by atoms with Gasteiger partial charge in [-0.15, -0.1) is 0 Å². The Labute approximate surface area is 390 Å². The lowest BCUT2D eigenvalue weighted by molar-refractivity contribution is -0.167. The van der Waals surface area contributed by atoms with Gasteiger partial charge >= 0.3 is 17.9 Å². The molecule has 0 aliphatic carbocycles. The zero-order valence-corrected chi connectivity index (χ0v) is 41.8. The molecule has 0 aromatic heterocycles. The fourth-order valence-electron chi connectivity index (χ4n) is 7.79. The number of allylic oxidation sites excluding steroid dienone is 8. The molecule has 6 heteroatoms. The lowest BCUT2D eigenvalue weighted by atomic mass is 10.0. The molecule has 63 heavy (non-hydrogen) atoms. The van der Waals surface area contributed by atoms with Crippen molar-refractivity contribution in [3.8, 4) is 0 Å². The molecule has 0 amide bonds. The normalized spacial score (nSPS) is 12.4. The molecule has 0 saturated heterocycles. The number of hydrogen-bond donors (Lipinski definition) is 0. The van der Waals surface area contributed by atoms with E-state index in [9.17, 15) is 14.4 Å². The Hall–Kier alpha value is -2.63. The van der Waals surface area contributed by atoms with Gasteiger partial charge in [0.05, 0.1) is 0 Å². The van der Waals surface area contributed by atoms with E-state index in [4.69, 9.17) is 14.2 Å². The molecule has 1 atom stereocenters. The number of rotatable bonds is 49. The third kappa shape index (κ3) is 50.2. The summed E-state index contributed by atoms with van der Waals surface area (Å²) in [5.41, 5.74) is 0. The Balaban J connectivity index is 3.96. The maximum Gasteiger partial charge on any atom is 0.306 e. The summed E-state index contributed by atoms with van der Waals surface area (Å²) in [5.74, 6) is -0.869. The fourth-order valence-corrected chi connectivity index (χ4v) is 7.79. The molecule has 0 fully saturated rings. The highest BCUT2D eigenvalue weighted by Gasteiger charge is 2.19. The zero-order chi connectivity index (χ0) is 45.8. The lowest BCUT2D eigenvalue weighted by Gasteiger charge is -2.18. The molecule has 0 saturated carbocycles. The van der Waals surface area contributed by atoms with Crippen molar-refractivity contribution in [3.63, 3.8) is 0 Å². The third-order valence-corrected chi connectivity index (χ3v) is 11.8. The summed E-state index contributed by atoms with van der Waals surface area (Å²) in [7, 11) is 0. The first-order valence-electron chi connectivity index (χ1n) is 27.1. The average Bonchev–Trinajstić information content (AvgIpc) is 3.28. The first kappa shape index (κ1) is 60.4. The van der Waals surface area contributed by atoms with Crippen molar-refractivity contribution in [1.82, 2.24) is 0 Å². The number of carbonyl (C=O) groups excluding carboxylic acids is 3. The Morgan fingerprint density at radius 1 is 0.333 bits per heavy atom. The Morgan fingerprint density at radius 2 is 0.619 bits per heavy atom. The van der Waals surface area contributed by atoms with E-state index < -0.39 is 6.10 Å². The minimum absolute atomic E-state index is 0.0685. The fraction of sp³-hybridized carbons (Fsp3) is 0.807. The van der Waals surface area contributed by atoms with Crippen LogP contribution in [0.2, 0.25) is 0 Å². The second kappa shape index (κ2) is 52.0. The van der Waals surface area contributed by atoms with Crippen LogP contribution in [0.25, 0.3) is 0 Å². The van der Waals surface area contributed by atoms with Crippen molar-refractivity contribution in [1.29, 1.82) is 0 Å². The smallest absolute Gasteiger partial charge is 0.306 e. The van der Waals surface area contributed by atoms with Gasteiger partial charge in [-0.3, -0.25) is 14.4 Å². The van der Waals surface area contributed by atoms with Crippen LogP contribution < -0.4 is 0 Å². The van der Waals surface area contributed by atoms with Gasteiger partial charge in [0.25, 0.3) is 0 Å². The number of ether oxygens (including phenoxy) is 3. The molecule has 0 N–H and O–H groups in total. The molecule has 0 radical (unpaired) electrons.